The molecule has 1 N–H and O–H groups in total. The molecule has 138 valence electrons. The topological polar surface area (TPSA) is 63.7 Å². The molecule has 0 aromatic carbocycles. The van der Waals surface area contributed by atoms with Gasteiger partial charge in [0, 0.05) is 57.4 Å². The maximum atomic E-state index is 12.6. The maximum absolute atomic E-state index is 12.6. The molecule has 0 spiro atoms. The van der Waals surface area contributed by atoms with Gasteiger partial charge in [-0.05, 0) is 31.9 Å². The van der Waals surface area contributed by atoms with Gasteiger partial charge in [0.25, 0.3) is 0 Å². The molecule has 3 rings (SSSR count). The third kappa shape index (κ3) is 4.77. The molecule has 0 bridgehead atoms. The molecule has 1 amide bonds. The minimum atomic E-state index is 0.0314. The van der Waals surface area contributed by atoms with Crippen molar-refractivity contribution in [1.82, 2.24) is 15.2 Å². The molecule has 2 aliphatic heterocycles. The molecule has 25 heavy (non-hydrogen) atoms. The third-order valence-corrected chi connectivity index (χ3v) is 5.23. The molecule has 2 fully saturated rings. The van der Waals surface area contributed by atoms with E-state index in [4.69, 9.17) is 9.47 Å². The lowest BCUT2D eigenvalue weighted by atomic mass is 9.79. The second-order valence-corrected chi connectivity index (χ2v) is 7.05. The van der Waals surface area contributed by atoms with E-state index in [1.54, 1.807) is 7.11 Å². The Bertz CT molecular complexity index is 581. The van der Waals surface area contributed by atoms with E-state index in [0.29, 0.717) is 19.8 Å². The highest BCUT2D eigenvalue weighted by Gasteiger charge is 2.41. The standard InChI is InChI=1S/C19H29N3O3/c1-14-4-3-5-15(21-14)12-22-9-6-18-17(13-22)16(7-10-25-18)19(23)20-8-11-24-2/h3-5,16-18H,6-13H2,1-2H3,(H,20,23)/t16-,17+,18-/m1/s1. The lowest BCUT2D eigenvalue weighted by Crippen LogP contribution is -2.53. The van der Waals surface area contributed by atoms with Gasteiger partial charge in [0.1, 0.15) is 0 Å². The summed E-state index contributed by atoms with van der Waals surface area (Å²) >= 11 is 0. The fourth-order valence-corrected chi connectivity index (χ4v) is 3.98. The first-order valence-corrected chi connectivity index (χ1v) is 9.20. The van der Waals surface area contributed by atoms with Gasteiger partial charge in [0.05, 0.1) is 18.4 Å². The number of piperidine rings is 1. The summed E-state index contributed by atoms with van der Waals surface area (Å²) in [4.78, 5) is 19.6. The Kier molecular flexibility index (Phi) is 6.39. The number of hydrogen-bond donors (Lipinski definition) is 1. The van der Waals surface area contributed by atoms with E-state index in [1.165, 1.54) is 0 Å². The van der Waals surface area contributed by atoms with E-state index in [0.717, 1.165) is 43.9 Å². The maximum Gasteiger partial charge on any atom is 0.223 e. The predicted octanol–water partition coefficient (Wildman–Crippen LogP) is 1.38. The number of likely N-dealkylation sites (tertiary alicyclic amines) is 1. The largest absolute Gasteiger partial charge is 0.383 e. The van der Waals surface area contributed by atoms with Gasteiger partial charge in [-0.1, -0.05) is 6.07 Å². The molecule has 2 aliphatic rings. The van der Waals surface area contributed by atoms with E-state index in [-0.39, 0.29) is 23.8 Å². The molecule has 0 unspecified atom stereocenters. The quantitative estimate of drug-likeness (QED) is 0.788. The first kappa shape index (κ1) is 18.3. The Labute approximate surface area is 149 Å². The molecule has 3 heterocycles. The van der Waals surface area contributed by atoms with Gasteiger partial charge in [0.15, 0.2) is 0 Å². The van der Waals surface area contributed by atoms with Crippen LogP contribution >= 0.6 is 0 Å². The molecule has 2 saturated heterocycles. The van der Waals surface area contributed by atoms with Crippen molar-refractivity contribution in [3.63, 3.8) is 0 Å². The van der Waals surface area contributed by atoms with Crippen molar-refractivity contribution in [2.75, 3.05) is 40.0 Å². The highest BCUT2D eigenvalue weighted by Crippen LogP contribution is 2.33. The van der Waals surface area contributed by atoms with Gasteiger partial charge in [-0.15, -0.1) is 0 Å². The monoisotopic (exact) mass is 347 g/mol. The number of aryl methyl sites for hydroxylation is 1. The lowest BCUT2D eigenvalue weighted by molar-refractivity contribution is -0.142. The van der Waals surface area contributed by atoms with Crippen molar-refractivity contribution in [2.24, 2.45) is 11.8 Å². The van der Waals surface area contributed by atoms with Crippen LogP contribution in [0, 0.1) is 18.8 Å². The van der Waals surface area contributed by atoms with E-state index < -0.39 is 0 Å². The second-order valence-electron chi connectivity index (χ2n) is 7.05. The van der Waals surface area contributed by atoms with Crippen LogP contribution in [0.2, 0.25) is 0 Å². The number of rotatable bonds is 6. The van der Waals surface area contributed by atoms with Crippen molar-refractivity contribution in [3.05, 3.63) is 29.6 Å². The smallest absolute Gasteiger partial charge is 0.223 e. The van der Waals surface area contributed by atoms with Gasteiger partial charge in [-0.25, -0.2) is 0 Å². The number of aromatic nitrogens is 1. The van der Waals surface area contributed by atoms with Crippen LogP contribution in [0.5, 0.6) is 0 Å². The minimum absolute atomic E-state index is 0.0314. The summed E-state index contributed by atoms with van der Waals surface area (Å²) in [6.45, 7) is 6.55. The zero-order chi connectivity index (χ0) is 17.6. The van der Waals surface area contributed by atoms with Crippen molar-refractivity contribution in [2.45, 2.75) is 32.4 Å². The molecule has 0 aliphatic carbocycles. The summed E-state index contributed by atoms with van der Waals surface area (Å²) in [5.74, 6) is 0.435. The number of nitrogens with one attached hydrogen (secondary N) is 1. The molecule has 3 atom stereocenters. The van der Waals surface area contributed by atoms with Crippen molar-refractivity contribution in [3.8, 4) is 0 Å². The van der Waals surface area contributed by atoms with E-state index in [9.17, 15) is 4.79 Å². The van der Waals surface area contributed by atoms with Crippen LogP contribution in [-0.2, 0) is 20.8 Å². The normalized spacial score (nSPS) is 26.9. The van der Waals surface area contributed by atoms with Gasteiger partial charge < -0.3 is 14.8 Å². The van der Waals surface area contributed by atoms with Gasteiger partial charge in [-0.2, -0.15) is 0 Å². The highest BCUT2D eigenvalue weighted by molar-refractivity contribution is 5.79. The van der Waals surface area contributed by atoms with Crippen LogP contribution in [0.4, 0.5) is 0 Å². The van der Waals surface area contributed by atoms with Gasteiger partial charge in [0.2, 0.25) is 5.91 Å². The number of fused-ring (bicyclic) bond motifs is 1. The molecular formula is C19H29N3O3. The number of ether oxygens (including phenoxy) is 2. The number of carbonyl (C=O) groups excluding carboxylic acids is 1. The van der Waals surface area contributed by atoms with Crippen molar-refractivity contribution < 1.29 is 14.3 Å². The first-order chi connectivity index (χ1) is 12.2. The second kappa shape index (κ2) is 8.74. The van der Waals surface area contributed by atoms with E-state index in [2.05, 4.69) is 27.3 Å². The zero-order valence-electron chi connectivity index (χ0n) is 15.2. The summed E-state index contributed by atoms with van der Waals surface area (Å²) in [7, 11) is 1.65. The number of hydrogen-bond acceptors (Lipinski definition) is 5. The SMILES string of the molecule is COCCNC(=O)[C@@H]1CCO[C@@H]2CCN(Cc3cccc(C)n3)C[C@H]21. The Morgan fingerprint density at radius 1 is 1.44 bits per heavy atom. The Morgan fingerprint density at radius 2 is 2.32 bits per heavy atom. The molecule has 0 saturated carbocycles. The number of methoxy groups -OCH3 is 1. The fourth-order valence-electron chi connectivity index (χ4n) is 3.98. The highest BCUT2D eigenvalue weighted by atomic mass is 16.5. The van der Waals surface area contributed by atoms with Gasteiger partial charge in [-0.3, -0.25) is 14.7 Å². The Balaban J connectivity index is 1.61. The van der Waals surface area contributed by atoms with E-state index in [1.807, 2.05) is 13.0 Å². The van der Waals surface area contributed by atoms with Crippen LogP contribution in [0.15, 0.2) is 18.2 Å². The average molecular weight is 347 g/mol. The summed E-state index contributed by atoms with van der Waals surface area (Å²) in [6.07, 6.45) is 1.99. The van der Waals surface area contributed by atoms with Crippen LogP contribution in [0.25, 0.3) is 0 Å². The molecule has 0 radical (unpaired) electrons. The molecule has 1 aromatic rings. The van der Waals surface area contributed by atoms with Crippen molar-refractivity contribution in [1.29, 1.82) is 0 Å². The predicted molar refractivity (Wildman–Crippen MR) is 95.1 cm³/mol. The summed E-state index contributed by atoms with van der Waals surface area (Å²) in [5, 5.41) is 3.01. The number of pyridine rings is 1. The summed E-state index contributed by atoms with van der Waals surface area (Å²) in [6, 6.07) is 6.15. The van der Waals surface area contributed by atoms with E-state index >= 15 is 0 Å². The lowest BCUT2D eigenvalue weighted by Gasteiger charge is -2.44. The molecule has 6 heteroatoms. The number of nitrogens with zero attached hydrogens (tertiary/aromatic N) is 2. The van der Waals surface area contributed by atoms with Crippen LogP contribution in [-0.4, -0.2) is 61.9 Å². The van der Waals surface area contributed by atoms with Crippen LogP contribution in [0.1, 0.15) is 24.2 Å². The Hall–Kier alpha value is -1.50. The van der Waals surface area contributed by atoms with Crippen molar-refractivity contribution >= 4 is 5.91 Å². The fraction of sp³-hybridized carbons (Fsp3) is 0.684. The Morgan fingerprint density at radius 3 is 3.12 bits per heavy atom. The minimum Gasteiger partial charge on any atom is -0.383 e. The summed E-state index contributed by atoms with van der Waals surface area (Å²) in [5.41, 5.74) is 2.14. The van der Waals surface area contributed by atoms with Crippen LogP contribution in [0.3, 0.4) is 0 Å². The molecule has 1 aromatic heterocycles. The van der Waals surface area contributed by atoms with Gasteiger partial charge >= 0.3 is 0 Å². The summed E-state index contributed by atoms with van der Waals surface area (Å²) < 4.78 is 11.0. The first-order valence-electron chi connectivity index (χ1n) is 9.20. The molecular weight excluding hydrogens is 318 g/mol. The number of carbonyl (C=O) groups is 1. The molecule has 6 nitrogen and oxygen atoms in total. The number of amides is 1. The third-order valence-electron chi connectivity index (χ3n) is 5.23. The average Bonchev–Trinajstić information content (AvgIpc) is 2.61. The van der Waals surface area contributed by atoms with Crippen LogP contribution < -0.4 is 5.32 Å². The zero-order valence-corrected chi connectivity index (χ0v) is 15.2.